The van der Waals surface area contributed by atoms with E-state index in [-0.39, 0.29) is 18.3 Å². The van der Waals surface area contributed by atoms with Gasteiger partial charge in [0.15, 0.2) is 12.4 Å². The van der Waals surface area contributed by atoms with Crippen LogP contribution in [-0.2, 0) is 4.79 Å². The maximum atomic E-state index is 12.4. The number of likely N-dealkylation sites (tertiary alicyclic amines) is 1. The lowest BCUT2D eigenvalue weighted by molar-refractivity contribution is -0.134. The molecular weight excluding hydrogens is 314 g/mol. The van der Waals surface area contributed by atoms with E-state index < -0.39 is 0 Å². The van der Waals surface area contributed by atoms with E-state index in [0.29, 0.717) is 17.2 Å². The van der Waals surface area contributed by atoms with Crippen LogP contribution < -0.4 is 4.74 Å². The minimum absolute atomic E-state index is 0.000241. The van der Waals surface area contributed by atoms with Gasteiger partial charge in [-0.05, 0) is 43.4 Å². The first kappa shape index (κ1) is 17.2. The Kier molecular flexibility index (Phi) is 5.49. The van der Waals surface area contributed by atoms with Crippen molar-refractivity contribution >= 4 is 11.7 Å². The molecule has 1 aliphatic rings. The van der Waals surface area contributed by atoms with Gasteiger partial charge in [0.1, 0.15) is 5.75 Å². The van der Waals surface area contributed by atoms with Gasteiger partial charge in [0.2, 0.25) is 0 Å². The molecule has 130 valence electrons. The Morgan fingerprint density at radius 2 is 1.76 bits per heavy atom. The van der Waals surface area contributed by atoms with Crippen LogP contribution in [0.25, 0.3) is 0 Å². The van der Waals surface area contributed by atoms with Gasteiger partial charge in [0.25, 0.3) is 5.91 Å². The Morgan fingerprint density at radius 1 is 1.04 bits per heavy atom. The molecule has 0 aromatic heterocycles. The van der Waals surface area contributed by atoms with Crippen molar-refractivity contribution in [2.45, 2.75) is 25.7 Å². The highest BCUT2D eigenvalue weighted by Gasteiger charge is 2.23. The van der Waals surface area contributed by atoms with Crippen molar-refractivity contribution in [1.29, 1.82) is 0 Å². The van der Waals surface area contributed by atoms with Gasteiger partial charge in [-0.3, -0.25) is 9.59 Å². The number of hydrogen-bond acceptors (Lipinski definition) is 3. The summed E-state index contributed by atoms with van der Waals surface area (Å²) < 4.78 is 5.58. The van der Waals surface area contributed by atoms with Crippen LogP contribution in [0.1, 0.15) is 41.6 Å². The number of carbonyl (C=O) groups is 2. The van der Waals surface area contributed by atoms with E-state index in [1.807, 2.05) is 11.0 Å². The summed E-state index contributed by atoms with van der Waals surface area (Å²) in [5.74, 6) is 1.07. The van der Waals surface area contributed by atoms with Gasteiger partial charge in [0, 0.05) is 18.7 Å². The van der Waals surface area contributed by atoms with E-state index in [2.05, 4.69) is 24.3 Å². The first-order valence-electron chi connectivity index (χ1n) is 8.70. The monoisotopic (exact) mass is 337 g/mol. The third kappa shape index (κ3) is 4.47. The molecule has 1 aliphatic heterocycles. The van der Waals surface area contributed by atoms with Crippen LogP contribution in [0.3, 0.4) is 0 Å². The molecule has 1 heterocycles. The molecule has 4 heteroatoms. The van der Waals surface area contributed by atoms with Crippen LogP contribution in [0.2, 0.25) is 0 Å². The summed E-state index contributed by atoms with van der Waals surface area (Å²) in [5, 5.41) is 0. The van der Waals surface area contributed by atoms with Gasteiger partial charge in [-0.2, -0.15) is 0 Å². The van der Waals surface area contributed by atoms with E-state index in [1.165, 1.54) is 12.5 Å². The molecule has 3 rings (SSSR count). The Balaban J connectivity index is 1.50. The zero-order valence-corrected chi connectivity index (χ0v) is 14.5. The number of amides is 1. The molecule has 2 aromatic rings. The average Bonchev–Trinajstić information content (AvgIpc) is 2.67. The number of ether oxygens (including phenoxy) is 1. The average molecular weight is 337 g/mol. The molecule has 1 amide bonds. The van der Waals surface area contributed by atoms with Gasteiger partial charge in [-0.1, -0.05) is 42.5 Å². The Morgan fingerprint density at radius 3 is 2.44 bits per heavy atom. The molecule has 0 bridgehead atoms. The van der Waals surface area contributed by atoms with Crippen molar-refractivity contribution in [3.63, 3.8) is 0 Å². The molecule has 0 unspecified atom stereocenters. The molecule has 25 heavy (non-hydrogen) atoms. The first-order chi connectivity index (χ1) is 12.1. The quantitative estimate of drug-likeness (QED) is 0.782. The molecule has 1 saturated heterocycles. The fourth-order valence-corrected chi connectivity index (χ4v) is 3.23. The van der Waals surface area contributed by atoms with Crippen LogP contribution in [0, 0.1) is 0 Å². The molecule has 2 aromatic carbocycles. The van der Waals surface area contributed by atoms with Gasteiger partial charge < -0.3 is 9.64 Å². The number of ketones is 1. The van der Waals surface area contributed by atoms with Crippen LogP contribution >= 0.6 is 0 Å². The second kappa shape index (κ2) is 7.97. The highest BCUT2D eigenvalue weighted by Crippen LogP contribution is 2.27. The summed E-state index contributed by atoms with van der Waals surface area (Å²) in [6.45, 7) is 3.04. The molecule has 0 aliphatic carbocycles. The van der Waals surface area contributed by atoms with Gasteiger partial charge in [-0.15, -0.1) is 0 Å². The van der Waals surface area contributed by atoms with Crippen molar-refractivity contribution in [1.82, 2.24) is 4.90 Å². The van der Waals surface area contributed by atoms with Gasteiger partial charge >= 0.3 is 0 Å². The highest BCUT2D eigenvalue weighted by molar-refractivity contribution is 5.94. The van der Waals surface area contributed by atoms with Crippen molar-refractivity contribution in [3.8, 4) is 5.75 Å². The summed E-state index contributed by atoms with van der Waals surface area (Å²) >= 11 is 0. The molecule has 0 N–H and O–H groups in total. The number of hydrogen-bond donors (Lipinski definition) is 0. The van der Waals surface area contributed by atoms with Gasteiger partial charge in [0.05, 0.1) is 0 Å². The number of piperidine rings is 1. The standard InChI is InChI=1S/C21H23NO3/c1-16(23)19-8-5-9-20(14-19)25-15-21(24)22-12-10-18(11-13-22)17-6-3-2-4-7-17/h2-9,14,18H,10-13,15H2,1H3. The lowest BCUT2D eigenvalue weighted by Gasteiger charge is -2.32. The fraction of sp³-hybridized carbons (Fsp3) is 0.333. The Labute approximate surface area is 148 Å². The number of rotatable bonds is 5. The summed E-state index contributed by atoms with van der Waals surface area (Å²) in [7, 11) is 0. The molecule has 0 spiro atoms. The number of Topliss-reactive ketones (excluding diaryl/α,β-unsaturated/α-hetero) is 1. The predicted octanol–water partition coefficient (Wildman–Crippen LogP) is 3.67. The number of carbonyl (C=O) groups excluding carboxylic acids is 2. The van der Waals surface area contributed by atoms with Crippen LogP contribution in [0.5, 0.6) is 5.75 Å². The third-order valence-electron chi connectivity index (χ3n) is 4.72. The minimum Gasteiger partial charge on any atom is -0.484 e. The smallest absolute Gasteiger partial charge is 0.260 e. The van der Waals surface area contributed by atoms with Crippen molar-refractivity contribution in [2.75, 3.05) is 19.7 Å². The van der Waals surface area contributed by atoms with Crippen LogP contribution in [0.4, 0.5) is 0 Å². The summed E-state index contributed by atoms with van der Waals surface area (Å²) in [4.78, 5) is 25.6. The van der Waals surface area contributed by atoms with Crippen LogP contribution in [0.15, 0.2) is 54.6 Å². The normalized spacial score (nSPS) is 15.0. The predicted molar refractivity (Wildman–Crippen MR) is 96.9 cm³/mol. The van der Waals surface area contributed by atoms with E-state index in [0.717, 1.165) is 25.9 Å². The fourth-order valence-electron chi connectivity index (χ4n) is 3.23. The second-order valence-electron chi connectivity index (χ2n) is 6.44. The first-order valence-corrected chi connectivity index (χ1v) is 8.70. The molecular formula is C21H23NO3. The Bertz CT molecular complexity index is 734. The van der Waals surface area contributed by atoms with Crippen molar-refractivity contribution < 1.29 is 14.3 Å². The van der Waals surface area contributed by atoms with Crippen molar-refractivity contribution in [2.24, 2.45) is 0 Å². The topological polar surface area (TPSA) is 46.6 Å². The molecule has 0 saturated carbocycles. The SMILES string of the molecule is CC(=O)c1cccc(OCC(=O)N2CCC(c3ccccc3)CC2)c1. The Hall–Kier alpha value is -2.62. The maximum absolute atomic E-state index is 12.4. The zero-order valence-electron chi connectivity index (χ0n) is 14.5. The molecule has 0 atom stereocenters. The summed E-state index contributed by atoms with van der Waals surface area (Å²) in [6.07, 6.45) is 1.96. The zero-order chi connectivity index (χ0) is 17.6. The third-order valence-corrected chi connectivity index (χ3v) is 4.72. The summed E-state index contributed by atoms with van der Waals surface area (Å²) in [6, 6.07) is 17.4. The number of nitrogens with zero attached hydrogens (tertiary/aromatic N) is 1. The van der Waals surface area contributed by atoms with Crippen LogP contribution in [-0.4, -0.2) is 36.3 Å². The van der Waals surface area contributed by atoms with E-state index >= 15 is 0 Å². The lowest BCUT2D eigenvalue weighted by Crippen LogP contribution is -2.40. The second-order valence-corrected chi connectivity index (χ2v) is 6.44. The molecule has 1 fully saturated rings. The lowest BCUT2D eigenvalue weighted by atomic mass is 9.89. The van der Waals surface area contributed by atoms with Crippen molar-refractivity contribution in [3.05, 3.63) is 65.7 Å². The maximum Gasteiger partial charge on any atom is 0.260 e. The molecule has 4 nitrogen and oxygen atoms in total. The largest absolute Gasteiger partial charge is 0.484 e. The van der Waals surface area contributed by atoms with Gasteiger partial charge in [-0.25, -0.2) is 0 Å². The van der Waals surface area contributed by atoms with E-state index in [4.69, 9.17) is 4.74 Å². The van der Waals surface area contributed by atoms with E-state index in [1.54, 1.807) is 24.3 Å². The minimum atomic E-state index is -0.0141. The summed E-state index contributed by atoms with van der Waals surface area (Å²) in [5.41, 5.74) is 1.94. The highest BCUT2D eigenvalue weighted by atomic mass is 16.5. The van der Waals surface area contributed by atoms with E-state index in [9.17, 15) is 9.59 Å². The molecule has 0 radical (unpaired) electrons. The number of benzene rings is 2.